The molecule has 1 heterocycles. The minimum absolute atomic E-state index is 0.275. The van der Waals surface area contributed by atoms with Crippen molar-refractivity contribution >= 4 is 17.9 Å². The van der Waals surface area contributed by atoms with Crippen LogP contribution in [0.25, 0.3) is 0 Å². The lowest BCUT2D eigenvalue weighted by Crippen LogP contribution is -1.95. The number of H-pyrrole nitrogens is 1. The Hall–Kier alpha value is -1.82. The molecule has 2 aromatic rings. The third-order valence-electron chi connectivity index (χ3n) is 2.13. The van der Waals surface area contributed by atoms with Gasteiger partial charge < -0.3 is 14.9 Å². The Labute approximate surface area is 97.2 Å². The highest BCUT2D eigenvalue weighted by molar-refractivity contribution is 7.71. The summed E-state index contributed by atoms with van der Waals surface area (Å²) in [4.78, 5) is 0.275. The quantitative estimate of drug-likeness (QED) is 0.630. The maximum atomic E-state index is 5.79. The SMILES string of the molecule is COc1ccc(Cc2n[nH]c(=S)o2)cc1N. The number of aromatic amines is 1. The molecule has 0 saturated heterocycles. The summed E-state index contributed by atoms with van der Waals surface area (Å²) < 4.78 is 10.2. The smallest absolute Gasteiger partial charge is 0.284 e. The monoisotopic (exact) mass is 237 g/mol. The van der Waals surface area contributed by atoms with Gasteiger partial charge in [0, 0.05) is 0 Å². The molecule has 0 saturated carbocycles. The van der Waals surface area contributed by atoms with Gasteiger partial charge in [-0.05, 0) is 29.9 Å². The zero-order valence-electron chi connectivity index (χ0n) is 8.69. The minimum atomic E-state index is 0.275. The molecule has 0 atom stereocenters. The van der Waals surface area contributed by atoms with Crippen molar-refractivity contribution in [3.05, 3.63) is 34.5 Å². The van der Waals surface area contributed by atoms with Crippen molar-refractivity contribution in [3.63, 3.8) is 0 Å². The third-order valence-corrected chi connectivity index (χ3v) is 2.31. The predicted molar refractivity (Wildman–Crippen MR) is 61.9 cm³/mol. The molecule has 16 heavy (non-hydrogen) atoms. The molecule has 0 radical (unpaired) electrons. The fourth-order valence-electron chi connectivity index (χ4n) is 1.40. The maximum absolute atomic E-state index is 5.79. The Morgan fingerprint density at radius 1 is 1.56 bits per heavy atom. The molecule has 1 aromatic carbocycles. The van der Waals surface area contributed by atoms with Crippen LogP contribution < -0.4 is 10.5 Å². The molecular formula is C10H11N3O2S. The zero-order valence-corrected chi connectivity index (χ0v) is 9.50. The van der Waals surface area contributed by atoms with Crippen LogP contribution in [0.5, 0.6) is 5.75 Å². The third kappa shape index (κ3) is 2.22. The van der Waals surface area contributed by atoms with Crippen LogP contribution in [-0.4, -0.2) is 17.3 Å². The van der Waals surface area contributed by atoms with Crippen molar-refractivity contribution in [1.82, 2.24) is 10.2 Å². The molecule has 6 heteroatoms. The van der Waals surface area contributed by atoms with Crippen molar-refractivity contribution in [2.75, 3.05) is 12.8 Å². The second kappa shape index (κ2) is 4.36. The summed E-state index contributed by atoms with van der Waals surface area (Å²) in [5.41, 5.74) is 7.37. The summed E-state index contributed by atoms with van der Waals surface area (Å²) >= 11 is 4.79. The second-order valence-corrected chi connectivity index (χ2v) is 3.63. The number of hydrogen-bond donors (Lipinski definition) is 2. The van der Waals surface area contributed by atoms with Crippen molar-refractivity contribution in [2.45, 2.75) is 6.42 Å². The van der Waals surface area contributed by atoms with Gasteiger partial charge in [0.05, 0.1) is 19.2 Å². The normalized spacial score (nSPS) is 10.3. The molecule has 0 aliphatic heterocycles. The number of hydrogen-bond acceptors (Lipinski definition) is 5. The van der Waals surface area contributed by atoms with Gasteiger partial charge in [0.25, 0.3) is 4.84 Å². The first-order valence-corrected chi connectivity index (χ1v) is 5.06. The standard InChI is InChI=1S/C10H11N3O2S/c1-14-8-3-2-6(4-7(8)11)5-9-12-13-10(16)15-9/h2-4H,5,11H2,1H3,(H,13,16). The number of benzene rings is 1. The first-order chi connectivity index (χ1) is 7.69. The second-order valence-electron chi connectivity index (χ2n) is 3.26. The van der Waals surface area contributed by atoms with Crippen LogP contribution in [0.4, 0.5) is 5.69 Å². The Balaban J connectivity index is 2.22. The Morgan fingerprint density at radius 2 is 2.38 bits per heavy atom. The summed E-state index contributed by atoms with van der Waals surface area (Å²) in [5.74, 6) is 1.20. The molecule has 5 nitrogen and oxygen atoms in total. The van der Waals surface area contributed by atoms with Gasteiger partial charge in [0.2, 0.25) is 5.89 Å². The number of nitrogens with two attached hydrogens (primary N) is 1. The van der Waals surface area contributed by atoms with Crippen LogP contribution in [-0.2, 0) is 6.42 Å². The number of methoxy groups -OCH3 is 1. The molecule has 3 N–H and O–H groups in total. The van der Waals surface area contributed by atoms with Crippen molar-refractivity contribution in [2.24, 2.45) is 0 Å². The van der Waals surface area contributed by atoms with Crippen LogP contribution >= 0.6 is 12.2 Å². The lowest BCUT2D eigenvalue weighted by molar-refractivity contribution is 0.417. The molecule has 84 valence electrons. The van der Waals surface area contributed by atoms with E-state index in [1.165, 1.54) is 0 Å². The van der Waals surface area contributed by atoms with Gasteiger partial charge in [-0.15, -0.1) is 5.10 Å². The highest BCUT2D eigenvalue weighted by Gasteiger charge is 2.05. The lowest BCUT2D eigenvalue weighted by Gasteiger charge is -2.05. The van der Waals surface area contributed by atoms with Crippen LogP contribution in [0.15, 0.2) is 22.6 Å². The molecule has 0 amide bonds. The Bertz CT molecular complexity index is 547. The zero-order chi connectivity index (χ0) is 11.5. The molecule has 0 spiro atoms. The van der Waals surface area contributed by atoms with Crippen LogP contribution in [0.1, 0.15) is 11.5 Å². The average molecular weight is 237 g/mol. The van der Waals surface area contributed by atoms with Crippen molar-refractivity contribution in [3.8, 4) is 5.75 Å². The molecule has 1 aromatic heterocycles. The van der Waals surface area contributed by atoms with Crippen LogP contribution in [0.3, 0.4) is 0 Å². The van der Waals surface area contributed by atoms with E-state index < -0.39 is 0 Å². The van der Waals surface area contributed by atoms with E-state index in [-0.39, 0.29) is 4.84 Å². The number of aromatic nitrogens is 2. The number of ether oxygens (including phenoxy) is 1. The van der Waals surface area contributed by atoms with E-state index in [4.69, 9.17) is 27.1 Å². The minimum Gasteiger partial charge on any atom is -0.495 e. The summed E-state index contributed by atoms with van der Waals surface area (Å²) in [6.07, 6.45) is 0.543. The van der Waals surface area contributed by atoms with Gasteiger partial charge >= 0.3 is 0 Å². The Morgan fingerprint density at radius 3 is 2.94 bits per heavy atom. The van der Waals surface area contributed by atoms with E-state index in [0.717, 1.165) is 5.56 Å². The Kier molecular flexibility index (Phi) is 2.91. The molecule has 0 bridgehead atoms. The number of nitrogens with one attached hydrogen (secondary N) is 1. The van der Waals surface area contributed by atoms with E-state index in [1.54, 1.807) is 7.11 Å². The molecule has 2 rings (SSSR count). The number of nitrogens with zero attached hydrogens (tertiary/aromatic N) is 1. The average Bonchev–Trinajstić information content (AvgIpc) is 2.64. The number of nitrogen functional groups attached to an aromatic ring is 1. The van der Waals surface area contributed by atoms with Gasteiger partial charge in [-0.25, -0.2) is 5.10 Å². The first-order valence-electron chi connectivity index (χ1n) is 4.66. The van der Waals surface area contributed by atoms with Gasteiger partial charge in [-0.1, -0.05) is 6.07 Å². The summed E-state index contributed by atoms with van der Waals surface area (Å²) in [6.45, 7) is 0. The number of rotatable bonds is 3. The van der Waals surface area contributed by atoms with Crippen molar-refractivity contribution < 1.29 is 9.15 Å². The molecule has 0 fully saturated rings. The van der Waals surface area contributed by atoms with Crippen LogP contribution in [0.2, 0.25) is 0 Å². The summed E-state index contributed by atoms with van der Waals surface area (Å²) in [7, 11) is 1.58. The molecule has 0 unspecified atom stereocenters. The maximum Gasteiger partial charge on any atom is 0.284 e. The fourth-order valence-corrected chi connectivity index (χ4v) is 1.55. The molecule has 0 aliphatic carbocycles. The van der Waals surface area contributed by atoms with E-state index in [0.29, 0.717) is 23.7 Å². The lowest BCUT2D eigenvalue weighted by atomic mass is 10.1. The van der Waals surface area contributed by atoms with Gasteiger partial charge in [0.15, 0.2) is 0 Å². The van der Waals surface area contributed by atoms with E-state index in [1.807, 2.05) is 18.2 Å². The molecule has 0 aliphatic rings. The molecular weight excluding hydrogens is 226 g/mol. The highest BCUT2D eigenvalue weighted by atomic mass is 32.1. The van der Waals surface area contributed by atoms with E-state index in [9.17, 15) is 0 Å². The van der Waals surface area contributed by atoms with Gasteiger partial charge in [-0.2, -0.15) is 0 Å². The summed E-state index contributed by atoms with van der Waals surface area (Å²) in [5, 5.41) is 6.48. The van der Waals surface area contributed by atoms with E-state index in [2.05, 4.69) is 10.2 Å². The van der Waals surface area contributed by atoms with E-state index >= 15 is 0 Å². The predicted octanol–water partition coefficient (Wildman–Crippen LogP) is 1.91. The van der Waals surface area contributed by atoms with Crippen molar-refractivity contribution in [1.29, 1.82) is 0 Å². The first kappa shape index (κ1) is 10.7. The highest BCUT2D eigenvalue weighted by Crippen LogP contribution is 2.22. The largest absolute Gasteiger partial charge is 0.495 e. The van der Waals surface area contributed by atoms with Gasteiger partial charge in [0.1, 0.15) is 5.75 Å². The van der Waals surface area contributed by atoms with Gasteiger partial charge in [-0.3, -0.25) is 0 Å². The number of anilines is 1. The summed E-state index contributed by atoms with van der Waals surface area (Å²) in [6, 6.07) is 5.54. The fraction of sp³-hybridized carbons (Fsp3) is 0.200. The topological polar surface area (TPSA) is 77.1 Å². The van der Waals surface area contributed by atoms with Crippen LogP contribution in [0, 0.1) is 4.84 Å².